The van der Waals surface area contributed by atoms with E-state index in [2.05, 4.69) is 5.32 Å². The molecule has 4 aromatic rings. The van der Waals surface area contributed by atoms with Crippen molar-refractivity contribution in [3.8, 4) is 11.5 Å². The summed E-state index contributed by atoms with van der Waals surface area (Å²) in [5.74, 6) is -0.990. The van der Waals surface area contributed by atoms with Crippen molar-refractivity contribution in [2.75, 3.05) is 24.1 Å². The summed E-state index contributed by atoms with van der Waals surface area (Å²) >= 11 is 6.28. The number of nitrogens with zero attached hydrogens (tertiary/aromatic N) is 2. The zero-order valence-corrected chi connectivity index (χ0v) is 27.5. The van der Waals surface area contributed by atoms with Gasteiger partial charge in [0.1, 0.15) is 31.6 Å². The molecule has 0 saturated carbocycles. The van der Waals surface area contributed by atoms with Crippen LogP contribution in [0.15, 0.2) is 102 Å². The Labute approximate surface area is 278 Å². The lowest BCUT2D eigenvalue weighted by Gasteiger charge is -2.34. The van der Waals surface area contributed by atoms with Gasteiger partial charge in [0.25, 0.3) is 10.0 Å². The zero-order valence-electron chi connectivity index (χ0n) is 25.9. The molecule has 0 fully saturated rings. The number of amides is 2. The van der Waals surface area contributed by atoms with E-state index in [0.29, 0.717) is 22.9 Å². The predicted octanol–water partition coefficient (Wildman–Crippen LogP) is 5.61. The molecule has 0 aliphatic carbocycles. The van der Waals surface area contributed by atoms with Crippen LogP contribution >= 0.6 is 11.6 Å². The number of nitrogens with one attached hydrogen (secondary N) is 1. The second-order valence-electron chi connectivity index (χ2n) is 11.3. The Hall–Kier alpha value is -4.61. The van der Waals surface area contributed by atoms with E-state index in [1.807, 2.05) is 44.2 Å². The third-order valence-corrected chi connectivity index (χ3v) is 9.44. The lowest BCUT2D eigenvalue weighted by atomic mass is 10.0. The van der Waals surface area contributed by atoms with Crippen LogP contribution in [-0.4, -0.2) is 57.0 Å². The van der Waals surface area contributed by atoms with Gasteiger partial charge < -0.3 is 19.7 Å². The molecule has 5 rings (SSSR count). The maximum absolute atomic E-state index is 14.5. The van der Waals surface area contributed by atoms with E-state index in [1.165, 1.54) is 35.2 Å². The van der Waals surface area contributed by atoms with Gasteiger partial charge in [0.2, 0.25) is 11.8 Å². The summed E-state index contributed by atoms with van der Waals surface area (Å²) in [6.07, 6.45) is 0.164. The lowest BCUT2D eigenvalue weighted by Crippen LogP contribution is -2.54. The number of sulfonamides is 1. The van der Waals surface area contributed by atoms with Gasteiger partial charge >= 0.3 is 0 Å². The first-order valence-corrected chi connectivity index (χ1v) is 16.9. The number of hydrogen-bond acceptors (Lipinski definition) is 6. The van der Waals surface area contributed by atoms with Crippen molar-refractivity contribution in [2.24, 2.45) is 0 Å². The summed E-state index contributed by atoms with van der Waals surface area (Å²) in [6, 6.07) is 23.9. The van der Waals surface area contributed by atoms with Gasteiger partial charge in [0, 0.05) is 30.1 Å². The Morgan fingerprint density at radius 2 is 1.55 bits per heavy atom. The van der Waals surface area contributed by atoms with Gasteiger partial charge in [0.15, 0.2) is 11.5 Å². The van der Waals surface area contributed by atoms with E-state index in [1.54, 1.807) is 24.3 Å². The third kappa shape index (κ3) is 8.41. The van der Waals surface area contributed by atoms with Crippen molar-refractivity contribution in [1.82, 2.24) is 10.2 Å². The number of halogens is 2. The zero-order chi connectivity index (χ0) is 33.6. The minimum Gasteiger partial charge on any atom is -0.486 e. The number of benzene rings is 4. The topological polar surface area (TPSA) is 105 Å². The first-order chi connectivity index (χ1) is 22.5. The fourth-order valence-corrected chi connectivity index (χ4v) is 6.86. The van der Waals surface area contributed by atoms with Crippen LogP contribution in [0.25, 0.3) is 0 Å². The van der Waals surface area contributed by atoms with Gasteiger partial charge in [-0.2, -0.15) is 0 Å². The van der Waals surface area contributed by atoms with E-state index in [4.69, 9.17) is 21.1 Å². The second-order valence-corrected chi connectivity index (χ2v) is 13.6. The van der Waals surface area contributed by atoms with Gasteiger partial charge in [-0.05, 0) is 73.5 Å². The molecule has 1 heterocycles. The molecule has 246 valence electrons. The molecular formula is C35H35ClFN3O6S. The number of rotatable bonds is 12. The number of carbonyl (C=O) groups excluding carboxylic acids is 2. The van der Waals surface area contributed by atoms with Crippen molar-refractivity contribution in [3.63, 3.8) is 0 Å². The van der Waals surface area contributed by atoms with Crippen molar-refractivity contribution in [3.05, 3.63) is 119 Å². The highest BCUT2D eigenvalue weighted by molar-refractivity contribution is 7.92. The fraction of sp³-hybridized carbons (Fsp3) is 0.257. The lowest BCUT2D eigenvalue weighted by molar-refractivity contribution is -0.140. The van der Waals surface area contributed by atoms with E-state index in [9.17, 15) is 22.4 Å². The van der Waals surface area contributed by atoms with Crippen LogP contribution in [0.5, 0.6) is 11.5 Å². The monoisotopic (exact) mass is 679 g/mol. The maximum Gasteiger partial charge on any atom is 0.264 e. The van der Waals surface area contributed by atoms with Gasteiger partial charge in [-0.15, -0.1) is 0 Å². The predicted molar refractivity (Wildman–Crippen MR) is 178 cm³/mol. The Kier molecular flexibility index (Phi) is 10.7. The summed E-state index contributed by atoms with van der Waals surface area (Å²) in [6.45, 7) is 3.48. The Balaban J connectivity index is 1.57. The average Bonchev–Trinajstić information content (AvgIpc) is 3.05. The van der Waals surface area contributed by atoms with Crippen molar-refractivity contribution in [1.29, 1.82) is 0 Å². The van der Waals surface area contributed by atoms with E-state index in [-0.39, 0.29) is 41.9 Å². The molecular weight excluding hydrogens is 645 g/mol. The normalized spacial score (nSPS) is 13.1. The number of ether oxygens (including phenoxy) is 2. The summed E-state index contributed by atoms with van der Waals surface area (Å²) in [7, 11) is -4.43. The summed E-state index contributed by atoms with van der Waals surface area (Å²) < 4.78 is 54.6. The summed E-state index contributed by atoms with van der Waals surface area (Å²) in [5.41, 5.74) is 1.51. The second kappa shape index (κ2) is 14.9. The van der Waals surface area contributed by atoms with Gasteiger partial charge in [0.05, 0.1) is 10.6 Å². The van der Waals surface area contributed by atoms with Crippen molar-refractivity contribution >= 4 is 39.1 Å². The standard InChI is InChI=1S/C35H35ClFN3O6S/c1-24(2)38-35(42)31(20-25-7-4-3-5-8-25)39(22-26-9-6-10-27(36)19-26)34(41)23-40(29-13-11-28(37)12-14-29)47(43,44)30-15-16-32-33(21-30)46-18-17-45-32/h3-16,19,21,24,31H,17-18,20,22-23H2,1-2H3,(H,38,42)/t31-/m1/s1. The average molecular weight is 680 g/mol. The molecule has 0 aromatic heterocycles. The van der Waals surface area contributed by atoms with E-state index < -0.39 is 40.2 Å². The molecule has 9 nitrogen and oxygen atoms in total. The molecule has 2 amide bonds. The van der Waals surface area contributed by atoms with Crippen LogP contribution in [0.3, 0.4) is 0 Å². The van der Waals surface area contributed by atoms with Crippen molar-refractivity contribution < 1.29 is 31.9 Å². The molecule has 1 aliphatic rings. The highest BCUT2D eigenvalue weighted by Gasteiger charge is 2.35. The molecule has 0 radical (unpaired) electrons. The molecule has 0 saturated heterocycles. The fourth-order valence-electron chi connectivity index (χ4n) is 5.21. The molecule has 1 aliphatic heterocycles. The largest absolute Gasteiger partial charge is 0.486 e. The molecule has 1 N–H and O–H groups in total. The number of anilines is 1. The summed E-state index contributed by atoms with van der Waals surface area (Å²) in [4.78, 5) is 29.5. The van der Waals surface area contributed by atoms with Gasteiger partial charge in [-0.1, -0.05) is 54.1 Å². The van der Waals surface area contributed by atoms with Gasteiger partial charge in [-0.25, -0.2) is 12.8 Å². The SMILES string of the molecule is CC(C)NC(=O)[C@@H](Cc1ccccc1)N(Cc1cccc(Cl)c1)C(=O)CN(c1ccc(F)cc1)S(=O)(=O)c1ccc2c(c1)OCCO2. The summed E-state index contributed by atoms with van der Waals surface area (Å²) in [5, 5.41) is 3.35. The Morgan fingerprint density at radius 1 is 0.872 bits per heavy atom. The van der Waals surface area contributed by atoms with Crippen LogP contribution in [0.1, 0.15) is 25.0 Å². The first kappa shape index (κ1) is 33.7. The van der Waals surface area contributed by atoms with Crippen LogP contribution < -0.4 is 19.1 Å². The Morgan fingerprint density at radius 3 is 2.23 bits per heavy atom. The maximum atomic E-state index is 14.5. The van der Waals surface area contributed by atoms with Gasteiger partial charge in [-0.3, -0.25) is 13.9 Å². The van der Waals surface area contributed by atoms with Crippen LogP contribution in [0.4, 0.5) is 10.1 Å². The highest BCUT2D eigenvalue weighted by atomic mass is 35.5. The molecule has 4 aromatic carbocycles. The molecule has 12 heteroatoms. The number of hydrogen-bond donors (Lipinski definition) is 1. The molecule has 47 heavy (non-hydrogen) atoms. The molecule has 0 unspecified atom stereocenters. The third-order valence-electron chi connectivity index (χ3n) is 7.44. The van der Waals surface area contributed by atoms with E-state index >= 15 is 0 Å². The quantitative estimate of drug-likeness (QED) is 0.209. The molecule has 0 bridgehead atoms. The first-order valence-electron chi connectivity index (χ1n) is 15.1. The minimum absolute atomic E-state index is 0.0380. The van der Waals surface area contributed by atoms with Crippen LogP contribution in [0.2, 0.25) is 5.02 Å². The number of carbonyl (C=O) groups is 2. The van der Waals surface area contributed by atoms with Crippen molar-refractivity contribution in [2.45, 2.75) is 43.8 Å². The minimum atomic E-state index is -4.43. The van der Waals surface area contributed by atoms with Crippen LogP contribution in [-0.2, 0) is 32.6 Å². The smallest absolute Gasteiger partial charge is 0.264 e. The molecule has 0 spiro atoms. The van der Waals surface area contributed by atoms with Crippen LogP contribution in [0, 0.1) is 5.82 Å². The van der Waals surface area contributed by atoms with E-state index in [0.717, 1.165) is 22.0 Å². The highest BCUT2D eigenvalue weighted by Crippen LogP contribution is 2.34. The molecule has 1 atom stereocenters. The Bertz CT molecular complexity index is 1820. The number of fused-ring (bicyclic) bond motifs is 1.